The highest BCUT2D eigenvalue weighted by atomic mass is 16.5. The zero-order chi connectivity index (χ0) is 33.8. The summed E-state index contributed by atoms with van der Waals surface area (Å²) in [5, 5.41) is 11.8. The highest BCUT2D eigenvalue weighted by Crippen LogP contribution is 2.40. The van der Waals surface area contributed by atoms with Crippen LogP contribution in [0.4, 0.5) is 0 Å². The van der Waals surface area contributed by atoms with Crippen LogP contribution in [0.25, 0.3) is 21.9 Å². The normalized spacial score (nSPS) is 16.9. The molecule has 1 saturated carbocycles. The van der Waals surface area contributed by atoms with Gasteiger partial charge in [-0.25, -0.2) is 9.59 Å². The molecule has 1 aliphatic rings. The van der Waals surface area contributed by atoms with Crippen molar-refractivity contribution in [1.29, 1.82) is 0 Å². The van der Waals surface area contributed by atoms with Gasteiger partial charge >= 0.3 is 11.9 Å². The van der Waals surface area contributed by atoms with E-state index >= 15 is 0 Å². The number of aryl methyl sites for hydroxylation is 2. The average molecular weight is 639 g/mol. The largest absolute Gasteiger partial charge is 0.462 e. The predicted molar refractivity (Wildman–Crippen MR) is 192 cm³/mol. The molecule has 0 amide bonds. The maximum atomic E-state index is 12.3. The van der Waals surface area contributed by atoms with Crippen molar-refractivity contribution in [2.24, 2.45) is 11.8 Å². The maximum Gasteiger partial charge on any atom is 0.335 e. The third-order valence-electron chi connectivity index (χ3n) is 9.93. The van der Waals surface area contributed by atoms with E-state index in [0.717, 1.165) is 38.5 Å². The molecule has 0 heterocycles. The number of rotatable bonds is 17. The molecule has 3 aromatic rings. The molecule has 1 N–H and O–H groups in total. The monoisotopic (exact) mass is 638 g/mol. The van der Waals surface area contributed by atoms with E-state index in [1.165, 1.54) is 64.3 Å². The number of ether oxygens (including phenoxy) is 2. The Morgan fingerprint density at radius 1 is 0.745 bits per heavy atom. The van der Waals surface area contributed by atoms with Gasteiger partial charge in [0.15, 0.2) is 0 Å². The van der Waals surface area contributed by atoms with Crippen LogP contribution in [0.2, 0.25) is 0 Å². The van der Waals surface area contributed by atoms with Crippen LogP contribution < -0.4 is 0 Å². The van der Waals surface area contributed by atoms with Gasteiger partial charge in [-0.1, -0.05) is 102 Å². The van der Waals surface area contributed by atoms with Gasteiger partial charge in [0.1, 0.15) is 0 Å². The first-order chi connectivity index (χ1) is 22.8. The Morgan fingerprint density at radius 3 is 2.04 bits per heavy atom. The standard InChI is InChI=1S/C42H54O5/c1-6-9-10-12-31-17-18-36(23-34(31)11-7-2)39-22-21-37-24-35(19-20-38(37)25-39)32-13-15-33(16-14-32)40(27-46-41(44)29(4)8-3)28-47-42(45)30(5)26-43/h17-25,32-33,40,43H,4-16,26-28H2,1-3H3. The van der Waals surface area contributed by atoms with E-state index in [-0.39, 0.29) is 30.6 Å². The first-order valence-electron chi connectivity index (χ1n) is 17.7. The molecule has 0 spiro atoms. The van der Waals surface area contributed by atoms with Gasteiger partial charge in [0.25, 0.3) is 0 Å². The molecule has 0 bridgehead atoms. The summed E-state index contributed by atoms with van der Waals surface area (Å²) >= 11 is 0. The highest BCUT2D eigenvalue weighted by molar-refractivity contribution is 5.89. The van der Waals surface area contributed by atoms with Crippen molar-refractivity contribution < 1.29 is 24.2 Å². The molecular formula is C42H54O5. The van der Waals surface area contributed by atoms with E-state index in [4.69, 9.17) is 9.47 Å². The molecule has 5 heteroatoms. The van der Waals surface area contributed by atoms with Gasteiger partial charge in [-0.3, -0.25) is 0 Å². The first-order valence-corrected chi connectivity index (χ1v) is 17.7. The second-order valence-corrected chi connectivity index (χ2v) is 13.3. The lowest BCUT2D eigenvalue weighted by atomic mass is 9.74. The minimum Gasteiger partial charge on any atom is -0.462 e. The van der Waals surface area contributed by atoms with Crippen LogP contribution in [0.3, 0.4) is 0 Å². The summed E-state index contributed by atoms with van der Waals surface area (Å²) in [6.07, 6.45) is 11.7. The van der Waals surface area contributed by atoms with E-state index in [1.807, 2.05) is 6.92 Å². The Morgan fingerprint density at radius 2 is 1.38 bits per heavy atom. The molecule has 1 unspecified atom stereocenters. The molecular weight excluding hydrogens is 584 g/mol. The van der Waals surface area contributed by atoms with Gasteiger partial charge in [-0.05, 0) is 108 Å². The molecule has 1 fully saturated rings. The summed E-state index contributed by atoms with van der Waals surface area (Å²) in [7, 11) is 0. The Labute approximate surface area is 282 Å². The Hall–Kier alpha value is -3.70. The summed E-state index contributed by atoms with van der Waals surface area (Å²) in [5.41, 5.74) is 7.37. The average Bonchev–Trinajstić information content (AvgIpc) is 3.11. The number of carbonyl (C=O) groups excluding carboxylic acids is 2. The number of carbonyl (C=O) groups is 2. The minimum absolute atomic E-state index is 0.0178. The van der Waals surface area contributed by atoms with E-state index in [0.29, 0.717) is 17.9 Å². The van der Waals surface area contributed by atoms with Crippen molar-refractivity contribution in [2.45, 2.75) is 97.3 Å². The van der Waals surface area contributed by atoms with Crippen molar-refractivity contribution in [3.05, 3.63) is 95.6 Å². The molecule has 0 saturated heterocycles. The second-order valence-electron chi connectivity index (χ2n) is 13.3. The summed E-state index contributed by atoms with van der Waals surface area (Å²) in [4.78, 5) is 24.5. The van der Waals surface area contributed by atoms with Crippen molar-refractivity contribution >= 4 is 22.7 Å². The Balaban J connectivity index is 1.43. The van der Waals surface area contributed by atoms with Crippen molar-refractivity contribution in [3.8, 4) is 11.1 Å². The fraction of sp³-hybridized carbons (Fsp3) is 0.476. The molecule has 252 valence electrons. The van der Waals surface area contributed by atoms with Gasteiger partial charge in [0.05, 0.1) is 25.4 Å². The van der Waals surface area contributed by atoms with Crippen molar-refractivity contribution in [2.75, 3.05) is 19.8 Å². The topological polar surface area (TPSA) is 72.8 Å². The number of esters is 2. The number of benzene rings is 3. The van der Waals surface area contributed by atoms with E-state index in [9.17, 15) is 14.7 Å². The molecule has 0 aromatic heterocycles. The molecule has 47 heavy (non-hydrogen) atoms. The molecule has 1 atom stereocenters. The van der Waals surface area contributed by atoms with Gasteiger partial charge in [0, 0.05) is 11.5 Å². The molecule has 4 rings (SSSR count). The van der Waals surface area contributed by atoms with Crippen LogP contribution in [0.1, 0.15) is 101 Å². The maximum absolute atomic E-state index is 12.3. The second kappa shape index (κ2) is 18.0. The minimum atomic E-state index is -0.615. The summed E-state index contributed by atoms with van der Waals surface area (Å²) in [5.74, 6) is -0.443. The zero-order valence-corrected chi connectivity index (χ0v) is 28.8. The number of aliphatic hydroxyl groups excluding tert-OH is 1. The lowest BCUT2D eigenvalue weighted by Gasteiger charge is -2.34. The molecule has 5 nitrogen and oxygen atoms in total. The van der Waals surface area contributed by atoms with Crippen LogP contribution in [-0.2, 0) is 31.9 Å². The number of fused-ring (bicyclic) bond motifs is 1. The quantitative estimate of drug-likeness (QED) is 0.0905. The summed E-state index contributed by atoms with van der Waals surface area (Å²) < 4.78 is 11.0. The van der Waals surface area contributed by atoms with Crippen LogP contribution in [0.5, 0.6) is 0 Å². The van der Waals surface area contributed by atoms with E-state index in [2.05, 4.69) is 81.6 Å². The van der Waals surface area contributed by atoms with Crippen LogP contribution in [-0.4, -0.2) is 36.9 Å². The zero-order valence-electron chi connectivity index (χ0n) is 28.8. The molecule has 1 aliphatic carbocycles. The Kier molecular flexibility index (Phi) is 13.8. The fourth-order valence-electron chi connectivity index (χ4n) is 6.84. The van der Waals surface area contributed by atoms with Crippen molar-refractivity contribution in [1.82, 2.24) is 0 Å². The number of unbranched alkanes of at least 4 members (excludes halogenated alkanes) is 2. The van der Waals surface area contributed by atoms with Crippen molar-refractivity contribution in [3.63, 3.8) is 0 Å². The van der Waals surface area contributed by atoms with E-state index < -0.39 is 18.5 Å². The Bertz CT molecular complexity index is 1500. The fourth-order valence-corrected chi connectivity index (χ4v) is 6.84. The lowest BCUT2D eigenvalue weighted by Crippen LogP contribution is -2.31. The van der Waals surface area contributed by atoms with Gasteiger partial charge in [0.2, 0.25) is 0 Å². The SMILES string of the molecule is C=C(CC)C(=O)OCC(COC(=O)C(=C)CO)C1CCC(c2ccc3cc(-c4ccc(CCCCC)c(CCC)c4)ccc3c2)CC1. The smallest absolute Gasteiger partial charge is 0.335 e. The number of aliphatic hydroxyl groups is 1. The third kappa shape index (κ3) is 9.90. The highest BCUT2D eigenvalue weighted by Gasteiger charge is 2.30. The third-order valence-corrected chi connectivity index (χ3v) is 9.93. The van der Waals surface area contributed by atoms with Gasteiger partial charge in [-0.15, -0.1) is 0 Å². The molecule has 0 aliphatic heterocycles. The first kappa shape index (κ1) is 36.1. The van der Waals surface area contributed by atoms with Gasteiger partial charge < -0.3 is 14.6 Å². The van der Waals surface area contributed by atoms with Crippen LogP contribution >= 0.6 is 0 Å². The number of hydrogen-bond donors (Lipinski definition) is 1. The molecule has 0 radical (unpaired) electrons. The van der Waals surface area contributed by atoms with Crippen LogP contribution in [0, 0.1) is 11.8 Å². The van der Waals surface area contributed by atoms with Crippen LogP contribution in [0.15, 0.2) is 78.9 Å². The summed E-state index contributed by atoms with van der Waals surface area (Å²) in [6, 6.07) is 20.8. The predicted octanol–water partition coefficient (Wildman–Crippen LogP) is 9.68. The number of hydrogen-bond acceptors (Lipinski definition) is 5. The summed E-state index contributed by atoms with van der Waals surface area (Å²) in [6.45, 7) is 13.6. The van der Waals surface area contributed by atoms with Gasteiger partial charge in [-0.2, -0.15) is 0 Å². The lowest BCUT2D eigenvalue weighted by molar-refractivity contribution is -0.146. The molecule has 3 aromatic carbocycles. The van der Waals surface area contributed by atoms with E-state index in [1.54, 1.807) is 0 Å².